The van der Waals surface area contributed by atoms with Crippen LogP contribution >= 0.6 is 0 Å². The molecule has 0 saturated carbocycles. The highest BCUT2D eigenvalue weighted by molar-refractivity contribution is 7.92. The van der Waals surface area contributed by atoms with Crippen LogP contribution in [0, 0.1) is 11.6 Å². The first-order valence-electron chi connectivity index (χ1n) is 5.28. The van der Waals surface area contributed by atoms with Crippen LogP contribution in [0.5, 0.6) is 0 Å². The second-order valence-corrected chi connectivity index (χ2v) is 5.58. The predicted molar refractivity (Wildman–Crippen MR) is 69.6 cm³/mol. The third-order valence-corrected chi connectivity index (χ3v) is 3.73. The van der Waals surface area contributed by atoms with Gasteiger partial charge in [0.15, 0.2) is 0 Å². The fourth-order valence-electron chi connectivity index (χ4n) is 1.51. The van der Waals surface area contributed by atoms with Gasteiger partial charge in [-0.3, -0.25) is 9.71 Å². The molecule has 1 heterocycles. The molecule has 98 valence electrons. The molecule has 0 aliphatic carbocycles. The molecule has 0 atom stereocenters. The lowest BCUT2D eigenvalue weighted by Gasteiger charge is -2.09. The Morgan fingerprint density at radius 2 is 1.89 bits per heavy atom. The lowest BCUT2D eigenvalue weighted by molar-refractivity contribution is 0.551. The van der Waals surface area contributed by atoms with Crippen molar-refractivity contribution in [2.75, 3.05) is 4.72 Å². The Kier molecular flexibility index (Phi) is 3.52. The van der Waals surface area contributed by atoms with Crippen LogP contribution in [0.15, 0.2) is 41.6 Å². The van der Waals surface area contributed by atoms with Gasteiger partial charge >= 0.3 is 0 Å². The van der Waals surface area contributed by atoms with Crippen molar-refractivity contribution < 1.29 is 17.2 Å². The van der Waals surface area contributed by atoms with E-state index >= 15 is 0 Å². The van der Waals surface area contributed by atoms with E-state index in [0.717, 1.165) is 17.6 Å². The molecule has 4 nitrogen and oxygen atoms in total. The second kappa shape index (κ2) is 4.97. The summed E-state index contributed by atoms with van der Waals surface area (Å²) >= 11 is 0. The summed E-state index contributed by atoms with van der Waals surface area (Å²) in [6, 6.07) is 3.82. The molecule has 19 heavy (non-hydrogen) atoms. The number of benzene rings is 1. The fourth-order valence-corrected chi connectivity index (χ4v) is 2.61. The van der Waals surface area contributed by atoms with Gasteiger partial charge in [-0.2, -0.15) is 0 Å². The highest BCUT2D eigenvalue weighted by atomic mass is 32.2. The van der Waals surface area contributed by atoms with Crippen LogP contribution in [-0.2, 0) is 10.0 Å². The molecule has 0 bridgehead atoms. The molecule has 0 fully saturated rings. The second-order valence-electron chi connectivity index (χ2n) is 3.93. The van der Waals surface area contributed by atoms with Gasteiger partial charge in [0.25, 0.3) is 10.0 Å². The molecule has 0 aliphatic rings. The SMILES string of the molecule is Bc1cncc(NS(=O)(=O)c2ccc(F)cc2F)c1. The van der Waals surface area contributed by atoms with Gasteiger partial charge in [0.05, 0.1) is 11.9 Å². The molecule has 8 heteroatoms. The van der Waals surface area contributed by atoms with E-state index in [1.54, 1.807) is 20.1 Å². The van der Waals surface area contributed by atoms with Crippen LogP contribution in [0.25, 0.3) is 0 Å². The minimum Gasteiger partial charge on any atom is -0.278 e. The number of hydrogen-bond acceptors (Lipinski definition) is 3. The summed E-state index contributed by atoms with van der Waals surface area (Å²) in [7, 11) is -2.37. The van der Waals surface area contributed by atoms with Crippen molar-refractivity contribution in [3.8, 4) is 0 Å². The monoisotopic (exact) mass is 282 g/mol. The minimum atomic E-state index is -4.11. The van der Waals surface area contributed by atoms with Gasteiger partial charge < -0.3 is 0 Å². The van der Waals surface area contributed by atoms with Crippen molar-refractivity contribution in [3.05, 3.63) is 48.3 Å². The average Bonchev–Trinajstić information content (AvgIpc) is 2.27. The molecular formula is C11H9BF2N2O2S. The van der Waals surface area contributed by atoms with E-state index in [2.05, 4.69) is 9.71 Å². The fraction of sp³-hybridized carbons (Fsp3) is 0. The quantitative estimate of drug-likeness (QED) is 0.830. The van der Waals surface area contributed by atoms with Gasteiger partial charge in [-0.15, -0.1) is 0 Å². The molecule has 0 unspecified atom stereocenters. The molecule has 0 aliphatic heterocycles. The van der Waals surface area contributed by atoms with Gasteiger partial charge in [0, 0.05) is 12.3 Å². The molecule has 2 rings (SSSR count). The molecule has 0 amide bonds. The van der Waals surface area contributed by atoms with Gasteiger partial charge in [-0.05, 0) is 18.2 Å². The zero-order valence-electron chi connectivity index (χ0n) is 9.89. The predicted octanol–water partition coefficient (Wildman–Crippen LogP) is 0.419. The highest BCUT2D eigenvalue weighted by Crippen LogP contribution is 2.18. The number of nitrogens with one attached hydrogen (secondary N) is 1. The van der Waals surface area contributed by atoms with Gasteiger partial charge in [-0.1, -0.05) is 5.46 Å². The van der Waals surface area contributed by atoms with E-state index in [1.807, 2.05) is 0 Å². The smallest absolute Gasteiger partial charge is 0.264 e. The third kappa shape index (κ3) is 3.08. The Labute approximate surface area is 110 Å². The first kappa shape index (κ1) is 13.5. The average molecular weight is 282 g/mol. The van der Waals surface area contributed by atoms with Gasteiger partial charge in [0.1, 0.15) is 24.4 Å². The van der Waals surface area contributed by atoms with Crippen LogP contribution in [0.1, 0.15) is 0 Å². The number of aromatic nitrogens is 1. The molecule has 1 aromatic carbocycles. The van der Waals surface area contributed by atoms with E-state index in [4.69, 9.17) is 0 Å². The Morgan fingerprint density at radius 3 is 2.53 bits per heavy atom. The Bertz CT molecular complexity index is 722. The first-order valence-corrected chi connectivity index (χ1v) is 6.76. The number of rotatable bonds is 3. The molecule has 2 aromatic rings. The number of hydrogen-bond donors (Lipinski definition) is 1. The number of halogens is 2. The lowest BCUT2D eigenvalue weighted by atomic mass is 9.99. The molecule has 1 N–H and O–H groups in total. The first-order chi connectivity index (χ1) is 8.88. The minimum absolute atomic E-state index is 0.212. The maximum absolute atomic E-state index is 13.5. The Morgan fingerprint density at radius 1 is 1.16 bits per heavy atom. The van der Waals surface area contributed by atoms with Crippen molar-refractivity contribution in [3.63, 3.8) is 0 Å². The highest BCUT2D eigenvalue weighted by Gasteiger charge is 2.19. The van der Waals surface area contributed by atoms with Gasteiger partial charge in [-0.25, -0.2) is 17.2 Å². The summed E-state index contributed by atoms with van der Waals surface area (Å²) in [5.41, 5.74) is 0.962. The summed E-state index contributed by atoms with van der Waals surface area (Å²) in [6.45, 7) is 0. The van der Waals surface area contributed by atoms with Crippen molar-refractivity contribution in [1.29, 1.82) is 0 Å². The topological polar surface area (TPSA) is 59.1 Å². The van der Waals surface area contributed by atoms with Crippen LogP contribution < -0.4 is 10.2 Å². The number of nitrogens with zero attached hydrogens (tertiary/aromatic N) is 1. The summed E-state index contributed by atoms with van der Waals surface area (Å²) < 4.78 is 52.3. The molecule has 1 aromatic heterocycles. The Balaban J connectivity index is 2.38. The molecule has 0 saturated heterocycles. The third-order valence-electron chi connectivity index (χ3n) is 2.31. The van der Waals surface area contributed by atoms with Crippen molar-refractivity contribution in [2.45, 2.75) is 4.90 Å². The van der Waals surface area contributed by atoms with Crippen LogP contribution in [0.2, 0.25) is 0 Å². The number of sulfonamides is 1. The largest absolute Gasteiger partial charge is 0.278 e. The van der Waals surface area contributed by atoms with Crippen molar-refractivity contribution in [2.24, 2.45) is 0 Å². The van der Waals surface area contributed by atoms with Crippen molar-refractivity contribution in [1.82, 2.24) is 4.98 Å². The summed E-state index contributed by atoms with van der Waals surface area (Å²) in [5, 5.41) is 0. The van der Waals surface area contributed by atoms with E-state index in [9.17, 15) is 17.2 Å². The summed E-state index contributed by atoms with van der Waals surface area (Å²) in [6.07, 6.45) is 2.85. The Hall–Kier alpha value is -1.96. The van der Waals surface area contributed by atoms with E-state index < -0.39 is 26.6 Å². The summed E-state index contributed by atoms with van der Waals surface area (Å²) in [4.78, 5) is 3.20. The standard InChI is InChI=1S/C11H9BF2N2O2S/c12-7-3-9(6-15-5-7)16-19(17,18)11-2-1-8(13)4-10(11)14/h1-6,16H,12H2. The number of pyridine rings is 1. The molecular weight excluding hydrogens is 273 g/mol. The lowest BCUT2D eigenvalue weighted by Crippen LogP contribution is -2.16. The zero-order valence-corrected chi connectivity index (χ0v) is 10.7. The van der Waals surface area contributed by atoms with E-state index in [1.165, 1.54) is 6.20 Å². The van der Waals surface area contributed by atoms with E-state index in [-0.39, 0.29) is 5.69 Å². The van der Waals surface area contributed by atoms with Crippen LogP contribution in [0.4, 0.5) is 14.5 Å². The maximum Gasteiger partial charge on any atom is 0.264 e. The van der Waals surface area contributed by atoms with Crippen LogP contribution in [-0.4, -0.2) is 21.2 Å². The molecule has 0 radical (unpaired) electrons. The zero-order chi connectivity index (χ0) is 14.0. The molecule has 0 spiro atoms. The van der Waals surface area contributed by atoms with Gasteiger partial charge in [0.2, 0.25) is 0 Å². The van der Waals surface area contributed by atoms with Crippen molar-refractivity contribution >= 4 is 29.0 Å². The number of anilines is 1. The normalized spacial score (nSPS) is 11.3. The van der Waals surface area contributed by atoms with E-state index in [0.29, 0.717) is 6.07 Å². The maximum atomic E-state index is 13.5. The van der Waals surface area contributed by atoms with Crippen LogP contribution in [0.3, 0.4) is 0 Å². The summed E-state index contributed by atoms with van der Waals surface area (Å²) in [5.74, 6) is -1.98.